The molecule has 0 atom stereocenters. The molecule has 0 aliphatic heterocycles. The van der Waals surface area contributed by atoms with Crippen LogP contribution in [0.5, 0.6) is 0 Å². The molecule has 2 N–H and O–H groups in total. The maximum absolute atomic E-state index is 5.32. The van der Waals surface area contributed by atoms with Gasteiger partial charge in [0.15, 0.2) is 5.96 Å². The molecule has 0 unspecified atom stereocenters. The zero-order valence-electron chi connectivity index (χ0n) is 15.7. The van der Waals surface area contributed by atoms with E-state index in [1.165, 1.54) is 31.2 Å². The lowest BCUT2D eigenvalue weighted by molar-refractivity contribution is 0.141. The van der Waals surface area contributed by atoms with Gasteiger partial charge in [0.05, 0.1) is 0 Å². The number of halogens is 1. The van der Waals surface area contributed by atoms with E-state index in [0.717, 1.165) is 45.0 Å². The predicted molar refractivity (Wildman–Crippen MR) is 117 cm³/mol. The first kappa shape index (κ1) is 22.2. The van der Waals surface area contributed by atoms with Crippen molar-refractivity contribution in [1.82, 2.24) is 10.6 Å². The number of hydrogen-bond acceptors (Lipinski definition) is 2. The highest BCUT2D eigenvalue weighted by Gasteiger charge is 2.33. The number of hydrogen-bond donors (Lipinski definition) is 2. The van der Waals surface area contributed by atoms with Crippen LogP contribution in [0, 0.1) is 5.41 Å². The van der Waals surface area contributed by atoms with E-state index in [1.807, 2.05) is 0 Å². The maximum Gasteiger partial charge on any atom is 0.191 e. The standard InChI is InChI=1S/C20H33N3O.HI/c1-3-21-19(22-15-11-18-9-5-4-6-10-18)23-17-20(14-16-24-2)12-7-8-13-20;/h4-6,9-10H,3,7-8,11-17H2,1-2H3,(H2,21,22,23);1H. The molecule has 2 rings (SSSR count). The van der Waals surface area contributed by atoms with Crippen molar-refractivity contribution >= 4 is 29.9 Å². The average Bonchev–Trinajstić information content (AvgIpc) is 3.08. The number of guanidine groups is 1. The molecule has 0 bridgehead atoms. The molecule has 0 heterocycles. The summed E-state index contributed by atoms with van der Waals surface area (Å²) in [5, 5.41) is 6.85. The number of aliphatic imine (C=N–C) groups is 1. The molecule has 0 saturated heterocycles. The number of ether oxygens (including phenoxy) is 1. The molecule has 0 spiro atoms. The lowest BCUT2D eigenvalue weighted by Gasteiger charge is -2.27. The second-order valence-electron chi connectivity index (χ2n) is 6.81. The van der Waals surface area contributed by atoms with Gasteiger partial charge in [-0.1, -0.05) is 43.2 Å². The Labute approximate surface area is 170 Å². The first-order valence-electron chi connectivity index (χ1n) is 9.33. The number of rotatable bonds is 9. The second-order valence-corrected chi connectivity index (χ2v) is 6.81. The zero-order chi connectivity index (χ0) is 17.1. The van der Waals surface area contributed by atoms with Gasteiger partial charge in [-0.05, 0) is 43.6 Å². The molecule has 0 aromatic heterocycles. The molecule has 1 fully saturated rings. The van der Waals surface area contributed by atoms with E-state index >= 15 is 0 Å². The van der Waals surface area contributed by atoms with Crippen molar-refractivity contribution in [2.75, 3.05) is 33.4 Å². The van der Waals surface area contributed by atoms with Crippen LogP contribution in [0.3, 0.4) is 0 Å². The molecule has 1 aliphatic rings. The molecular weight excluding hydrogens is 425 g/mol. The van der Waals surface area contributed by atoms with Crippen LogP contribution >= 0.6 is 24.0 Å². The van der Waals surface area contributed by atoms with Crippen LogP contribution in [-0.2, 0) is 11.2 Å². The third kappa shape index (κ3) is 7.94. The molecule has 5 heteroatoms. The van der Waals surface area contributed by atoms with Crippen LogP contribution in [0.25, 0.3) is 0 Å². The van der Waals surface area contributed by atoms with Crippen molar-refractivity contribution in [3.05, 3.63) is 35.9 Å². The minimum atomic E-state index is 0. The molecule has 25 heavy (non-hydrogen) atoms. The quantitative estimate of drug-likeness (QED) is 0.334. The summed E-state index contributed by atoms with van der Waals surface area (Å²) in [4.78, 5) is 4.89. The topological polar surface area (TPSA) is 45.7 Å². The van der Waals surface area contributed by atoms with Gasteiger partial charge in [0.25, 0.3) is 0 Å². The summed E-state index contributed by atoms with van der Waals surface area (Å²) in [6, 6.07) is 10.6. The van der Waals surface area contributed by atoms with Gasteiger partial charge in [0.1, 0.15) is 0 Å². The average molecular weight is 459 g/mol. The van der Waals surface area contributed by atoms with E-state index in [-0.39, 0.29) is 24.0 Å². The Morgan fingerprint density at radius 1 is 1.16 bits per heavy atom. The van der Waals surface area contributed by atoms with Gasteiger partial charge in [0.2, 0.25) is 0 Å². The van der Waals surface area contributed by atoms with E-state index in [2.05, 4.69) is 47.9 Å². The number of benzene rings is 1. The van der Waals surface area contributed by atoms with E-state index in [9.17, 15) is 0 Å². The van der Waals surface area contributed by atoms with Gasteiger partial charge in [0, 0.05) is 33.4 Å². The smallest absolute Gasteiger partial charge is 0.191 e. The molecule has 1 aliphatic carbocycles. The molecule has 1 aromatic carbocycles. The fraction of sp³-hybridized carbons (Fsp3) is 0.650. The first-order valence-corrected chi connectivity index (χ1v) is 9.33. The minimum absolute atomic E-state index is 0. The molecule has 1 saturated carbocycles. The largest absolute Gasteiger partial charge is 0.385 e. The van der Waals surface area contributed by atoms with E-state index in [4.69, 9.17) is 9.73 Å². The van der Waals surface area contributed by atoms with Crippen LogP contribution in [0.2, 0.25) is 0 Å². The van der Waals surface area contributed by atoms with Gasteiger partial charge >= 0.3 is 0 Å². The maximum atomic E-state index is 5.32. The van der Waals surface area contributed by atoms with Crippen LogP contribution in [0.1, 0.15) is 44.6 Å². The Bertz CT molecular complexity index is 487. The summed E-state index contributed by atoms with van der Waals surface area (Å²) < 4.78 is 5.32. The van der Waals surface area contributed by atoms with Crippen molar-refractivity contribution in [2.45, 2.75) is 45.4 Å². The van der Waals surface area contributed by atoms with Crippen LogP contribution in [0.15, 0.2) is 35.3 Å². The Kier molecular flexibility index (Phi) is 11.1. The summed E-state index contributed by atoms with van der Waals surface area (Å²) in [6.45, 7) is 5.65. The highest BCUT2D eigenvalue weighted by Crippen LogP contribution is 2.41. The second kappa shape index (κ2) is 12.5. The zero-order valence-corrected chi connectivity index (χ0v) is 18.1. The number of nitrogens with zero attached hydrogens (tertiary/aromatic N) is 1. The fourth-order valence-corrected chi connectivity index (χ4v) is 3.49. The molecular formula is C20H34IN3O. The fourth-order valence-electron chi connectivity index (χ4n) is 3.49. The molecule has 4 nitrogen and oxygen atoms in total. The summed E-state index contributed by atoms with van der Waals surface area (Å²) in [5.74, 6) is 0.942. The predicted octanol–water partition coefficient (Wildman–Crippen LogP) is 4.00. The van der Waals surface area contributed by atoms with Crippen molar-refractivity contribution in [3.63, 3.8) is 0 Å². The summed E-state index contributed by atoms with van der Waals surface area (Å²) in [7, 11) is 1.79. The van der Waals surface area contributed by atoms with Gasteiger partial charge in [-0.2, -0.15) is 0 Å². The monoisotopic (exact) mass is 459 g/mol. The molecule has 1 aromatic rings. The normalized spacial score (nSPS) is 16.3. The van der Waals surface area contributed by atoms with Gasteiger partial charge in [-0.15, -0.1) is 24.0 Å². The van der Waals surface area contributed by atoms with Crippen molar-refractivity contribution in [3.8, 4) is 0 Å². The lowest BCUT2D eigenvalue weighted by Crippen LogP contribution is -2.39. The van der Waals surface area contributed by atoms with Gasteiger partial charge in [-0.25, -0.2) is 0 Å². The Hall–Kier alpha value is -0.820. The summed E-state index contributed by atoms with van der Waals surface area (Å²) >= 11 is 0. The Balaban J connectivity index is 0.00000312. The SMILES string of the molecule is CCNC(=NCC1(CCOC)CCCC1)NCCc1ccccc1.I. The highest BCUT2D eigenvalue weighted by molar-refractivity contribution is 14.0. The third-order valence-electron chi connectivity index (χ3n) is 4.97. The van der Waals surface area contributed by atoms with E-state index in [1.54, 1.807) is 7.11 Å². The first-order chi connectivity index (χ1) is 11.8. The summed E-state index contributed by atoms with van der Waals surface area (Å²) in [5.41, 5.74) is 1.70. The lowest BCUT2D eigenvalue weighted by atomic mass is 9.83. The van der Waals surface area contributed by atoms with E-state index in [0.29, 0.717) is 5.41 Å². The van der Waals surface area contributed by atoms with E-state index < -0.39 is 0 Å². The molecule has 142 valence electrons. The molecule has 0 radical (unpaired) electrons. The van der Waals surface area contributed by atoms with Crippen molar-refractivity contribution in [2.24, 2.45) is 10.4 Å². The molecule has 0 amide bonds. The minimum Gasteiger partial charge on any atom is -0.385 e. The van der Waals surface area contributed by atoms with Gasteiger partial charge < -0.3 is 15.4 Å². The third-order valence-corrected chi connectivity index (χ3v) is 4.97. The van der Waals surface area contributed by atoms with Crippen molar-refractivity contribution in [1.29, 1.82) is 0 Å². The Morgan fingerprint density at radius 3 is 2.52 bits per heavy atom. The number of nitrogens with one attached hydrogen (secondary N) is 2. The highest BCUT2D eigenvalue weighted by atomic mass is 127. The summed E-state index contributed by atoms with van der Waals surface area (Å²) in [6.07, 6.45) is 7.36. The van der Waals surface area contributed by atoms with Crippen LogP contribution in [0.4, 0.5) is 0 Å². The van der Waals surface area contributed by atoms with Crippen molar-refractivity contribution < 1.29 is 4.74 Å². The number of methoxy groups -OCH3 is 1. The van der Waals surface area contributed by atoms with Crippen LogP contribution < -0.4 is 10.6 Å². The van der Waals surface area contributed by atoms with Gasteiger partial charge in [-0.3, -0.25) is 4.99 Å². The Morgan fingerprint density at radius 2 is 1.88 bits per heavy atom. The van der Waals surface area contributed by atoms with Crippen LogP contribution in [-0.4, -0.2) is 39.3 Å².